The molecule has 0 aromatic heterocycles. The van der Waals surface area contributed by atoms with Crippen molar-refractivity contribution < 1.29 is 28.8 Å². The van der Waals surface area contributed by atoms with Gasteiger partial charge >= 0.3 is 0 Å². The summed E-state index contributed by atoms with van der Waals surface area (Å²) >= 11 is 0. The van der Waals surface area contributed by atoms with E-state index in [9.17, 15) is 5.11 Å². The van der Waals surface area contributed by atoms with Crippen LogP contribution in [0.2, 0.25) is 0 Å². The van der Waals surface area contributed by atoms with Crippen molar-refractivity contribution in [3.8, 4) is 11.5 Å². The Morgan fingerprint density at radius 3 is 1.60 bits per heavy atom. The van der Waals surface area contributed by atoms with E-state index in [0.29, 0.717) is 13.2 Å². The van der Waals surface area contributed by atoms with E-state index in [1.54, 1.807) is 21.3 Å². The molecule has 166 valence electrons. The summed E-state index contributed by atoms with van der Waals surface area (Å²) in [6.07, 6.45) is -0.733. The van der Waals surface area contributed by atoms with Crippen LogP contribution in [0.5, 0.6) is 11.5 Å². The molecule has 0 bridgehead atoms. The maximum Gasteiger partial charge on any atom is 0.119 e. The van der Waals surface area contributed by atoms with Gasteiger partial charge in [0.25, 0.3) is 0 Å². The van der Waals surface area contributed by atoms with Gasteiger partial charge < -0.3 is 28.8 Å². The summed E-state index contributed by atoms with van der Waals surface area (Å²) in [5.41, 5.74) is 2.16. The molecule has 0 saturated carbocycles. The quantitative estimate of drug-likeness (QED) is 0.538. The summed E-state index contributed by atoms with van der Waals surface area (Å²) in [6.45, 7) is 5.75. The zero-order valence-electron chi connectivity index (χ0n) is 18.6. The first-order valence-corrected chi connectivity index (χ1v) is 10.1. The standard InChI is InChI=1S/C24H34O6/c1-24(2,18-6-10-21(11-7-18)29-15-20(25)14-26-3)19-8-12-22(13-9-19)30-17-23(28-5)16-27-4/h6-13,20,23,25H,14-17H2,1-5H3. The Morgan fingerprint density at radius 1 is 0.700 bits per heavy atom. The first-order valence-electron chi connectivity index (χ1n) is 10.1. The maximum absolute atomic E-state index is 9.70. The Balaban J connectivity index is 1.98. The number of hydrogen-bond donors (Lipinski definition) is 1. The second-order valence-electron chi connectivity index (χ2n) is 7.72. The number of ether oxygens (including phenoxy) is 5. The van der Waals surface area contributed by atoms with E-state index in [2.05, 4.69) is 38.1 Å². The predicted molar refractivity (Wildman–Crippen MR) is 117 cm³/mol. The van der Waals surface area contributed by atoms with Gasteiger partial charge in [-0.25, -0.2) is 0 Å². The van der Waals surface area contributed by atoms with Crippen LogP contribution in [-0.2, 0) is 19.6 Å². The molecule has 6 heteroatoms. The largest absolute Gasteiger partial charge is 0.491 e. The summed E-state index contributed by atoms with van der Waals surface area (Å²) in [5, 5.41) is 9.70. The van der Waals surface area contributed by atoms with Gasteiger partial charge in [0, 0.05) is 26.7 Å². The van der Waals surface area contributed by atoms with Crippen LogP contribution in [0.15, 0.2) is 48.5 Å². The normalized spacial score (nSPS) is 13.7. The van der Waals surface area contributed by atoms with Crippen LogP contribution in [0.25, 0.3) is 0 Å². The van der Waals surface area contributed by atoms with Crippen molar-refractivity contribution in [1.29, 1.82) is 0 Å². The lowest BCUT2D eigenvalue weighted by molar-refractivity contribution is 0.000872. The summed E-state index contributed by atoms with van der Waals surface area (Å²) < 4.78 is 26.8. The van der Waals surface area contributed by atoms with E-state index in [1.807, 2.05) is 24.3 Å². The number of methoxy groups -OCH3 is 3. The molecule has 0 saturated heterocycles. The van der Waals surface area contributed by atoms with Gasteiger partial charge in [0.1, 0.15) is 36.9 Å². The highest BCUT2D eigenvalue weighted by molar-refractivity contribution is 5.41. The lowest BCUT2D eigenvalue weighted by Gasteiger charge is -2.26. The smallest absolute Gasteiger partial charge is 0.119 e. The highest BCUT2D eigenvalue weighted by Crippen LogP contribution is 2.33. The van der Waals surface area contributed by atoms with Crippen LogP contribution in [0, 0.1) is 0 Å². The minimum atomic E-state index is -0.638. The van der Waals surface area contributed by atoms with Crippen LogP contribution in [-0.4, -0.2) is 65.1 Å². The number of aliphatic hydroxyl groups excluding tert-OH is 1. The van der Waals surface area contributed by atoms with Crippen molar-refractivity contribution in [2.45, 2.75) is 31.5 Å². The monoisotopic (exact) mass is 418 g/mol. The molecule has 0 heterocycles. The zero-order valence-corrected chi connectivity index (χ0v) is 18.6. The molecule has 6 nitrogen and oxygen atoms in total. The van der Waals surface area contributed by atoms with Crippen molar-refractivity contribution in [2.75, 3.05) is 47.8 Å². The van der Waals surface area contributed by atoms with Gasteiger partial charge in [-0.15, -0.1) is 0 Å². The van der Waals surface area contributed by atoms with E-state index in [4.69, 9.17) is 23.7 Å². The van der Waals surface area contributed by atoms with Gasteiger partial charge in [0.2, 0.25) is 0 Å². The molecule has 0 aliphatic heterocycles. The predicted octanol–water partition coefficient (Wildman–Crippen LogP) is 3.44. The molecular weight excluding hydrogens is 384 g/mol. The average molecular weight is 419 g/mol. The first-order chi connectivity index (χ1) is 14.4. The van der Waals surface area contributed by atoms with Gasteiger partial charge in [0.05, 0.1) is 13.2 Å². The van der Waals surface area contributed by atoms with Crippen LogP contribution >= 0.6 is 0 Å². The van der Waals surface area contributed by atoms with Crippen LogP contribution < -0.4 is 9.47 Å². The third-order valence-electron chi connectivity index (χ3n) is 5.08. The summed E-state index contributed by atoms with van der Waals surface area (Å²) in [4.78, 5) is 0. The van der Waals surface area contributed by atoms with Gasteiger partial charge in [-0.1, -0.05) is 38.1 Å². The minimum Gasteiger partial charge on any atom is -0.491 e. The number of hydrogen-bond acceptors (Lipinski definition) is 6. The third kappa shape index (κ3) is 6.99. The second-order valence-corrected chi connectivity index (χ2v) is 7.72. The van der Waals surface area contributed by atoms with Gasteiger partial charge in [-0.05, 0) is 35.4 Å². The number of aliphatic hydroxyl groups is 1. The van der Waals surface area contributed by atoms with Crippen molar-refractivity contribution in [3.63, 3.8) is 0 Å². The molecule has 0 spiro atoms. The van der Waals surface area contributed by atoms with E-state index in [1.165, 1.54) is 11.1 Å². The van der Waals surface area contributed by atoms with E-state index in [-0.39, 0.29) is 24.7 Å². The molecule has 0 aliphatic carbocycles. The Labute approximate surface area is 179 Å². The first kappa shape index (κ1) is 24.2. The fraction of sp³-hybridized carbons (Fsp3) is 0.500. The van der Waals surface area contributed by atoms with E-state index >= 15 is 0 Å². The third-order valence-corrected chi connectivity index (χ3v) is 5.08. The SMILES string of the molecule is COCC(O)COc1ccc(C(C)(C)c2ccc(OCC(COC)OC)cc2)cc1. The zero-order chi connectivity index (χ0) is 22.0. The van der Waals surface area contributed by atoms with Gasteiger partial charge in [0.15, 0.2) is 0 Å². The molecule has 0 radical (unpaired) electrons. The molecule has 30 heavy (non-hydrogen) atoms. The Morgan fingerprint density at radius 2 is 1.17 bits per heavy atom. The van der Waals surface area contributed by atoms with Crippen molar-refractivity contribution in [3.05, 3.63) is 59.7 Å². The van der Waals surface area contributed by atoms with E-state index in [0.717, 1.165) is 11.5 Å². The second kappa shape index (κ2) is 11.9. The lowest BCUT2D eigenvalue weighted by atomic mass is 9.78. The molecule has 0 aliphatic rings. The summed E-state index contributed by atoms with van der Waals surface area (Å²) in [7, 11) is 4.85. The Hall–Kier alpha value is -2.12. The molecule has 2 aromatic carbocycles. The summed E-state index contributed by atoms with van der Waals surface area (Å²) in [5.74, 6) is 1.52. The topological polar surface area (TPSA) is 66.4 Å². The average Bonchev–Trinajstić information content (AvgIpc) is 2.76. The lowest BCUT2D eigenvalue weighted by Crippen LogP contribution is -2.25. The van der Waals surface area contributed by atoms with Crippen LogP contribution in [0.3, 0.4) is 0 Å². The highest BCUT2D eigenvalue weighted by atomic mass is 16.5. The van der Waals surface area contributed by atoms with Crippen molar-refractivity contribution in [2.24, 2.45) is 0 Å². The summed E-state index contributed by atoms with van der Waals surface area (Å²) in [6, 6.07) is 16.1. The van der Waals surface area contributed by atoms with Gasteiger partial charge in [-0.3, -0.25) is 0 Å². The molecular formula is C24H34O6. The van der Waals surface area contributed by atoms with Crippen molar-refractivity contribution >= 4 is 0 Å². The fourth-order valence-corrected chi connectivity index (χ4v) is 3.09. The van der Waals surface area contributed by atoms with E-state index < -0.39 is 6.10 Å². The Kier molecular flexibility index (Phi) is 9.59. The molecule has 2 unspecified atom stereocenters. The molecule has 0 amide bonds. The number of benzene rings is 2. The molecule has 2 aromatic rings. The maximum atomic E-state index is 9.70. The molecule has 1 N–H and O–H groups in total. The van der Waals surface area contributed by atoms with Gasteiger partial charge in [-0.2, -0.15) is 0 Å². The van der Waals surface area contributed by atoms with Crippen LogP contribution in [0.4, 0.5) is 0 Å². The molecule has 0 fully saturated rings. The number of rotatable bonds is 13. The molecule has 2 rings (SSSR count). The minimum absolute atomic E-state index is 0.0949. The highest BCUT2D eigenvalue weighted by Gasteiger charge is 2.23. The Bertz CT molecular complexity index is 726. The van der Waals surface area contributed by atoms with Crippen LogP contribution in [0.1, 0.15) is 25.0 Å². The fourth-order valence-electron chi connectivity index (χ4n) is 3.09. The molecule has 2 atom stereocenters. The van der Waals surface area contributed by atoms with Crippen molar-refractivity contribution in [1.82, 2.24) is 0 Å².